The van der Waals surface area contributed by atoms with Crippen molar-refractivity contribution in [3.8, 4) is 28.7 Å². The van der Waals surface area contributed by atoms with Crippen molar-refractivity contribution < 1.29 is 35.3 Å². The third-order valence-corrected chi connectivity index (χ3v) is 8.37. The lowest BCUT2D eigenvalue weighted by atomic mass is 9.91. The monoisotopic (exact) mass is 667 g/mol. The first-order valence-electron chi connectivity index (χ1n) is 17.0. The lowest BCUT2D eigenvalue weighted by Crippen LogP contribution is -2.34. The van der Waals surface area contributed by atoms with E-state index in [0.717, 1.165) is 22.3 Å². The molecule has 3 atom stereocenters. The minimum atomic E-state index is -2.50. The maximum Gasteiger partial charge on any atom is 0.162 e. The zero-order chi connectivity index (χ0) is 35.0. The van der Waals surface area contributed by atoms with Crippen LogP contribution >= 0.6 is 0 Å². The van der Waals surface area contributed by atoms with Crippen molar-refractivity contribution >= 4 is 0 Å². The fourth-order valence-electron chi connectivity index (χ4n) is 5.73. The first kappa shape index (κ1) is 31.5. The molecule has 0 unspecified atom stereocenters. The molecule has 0 spiro atoms. The van der Waals surface area contributed by atoms with Gasteiger partial charge in [0, 0.05) is 12.1 Å². The summed E-state index contributed by atoms with van der Waals surface area (Å²) in [5, 5.41) is 23.4. The van der Waals surface area contributed by atoms with Crippen molar-refractivity contribution in [3.05, 3.63) is 185 Å². The zero-order valence-electron chi connectivity index (χ0n) is 28.4. The van der Waals surface area contributed by atoms with Crippen molar-refractivity contribution in [2.45, 2.75) is 44.7 Å². The Labute approximate surface area is 293 Å². The van der Waals surface area contributed by atoms with Crippen LogP contribution in [0, 0.1) is 0 Å². The van der Waals surface area contributed by atoms with Gasteiger partial charge in [-0.1, -0.05) is 127 Å². The van der Waals surface area contributed by atoms with Crippen LogP contribution in [0.4, 0.5) is 0 Å². The predicted molar refractivity (Wildman–Crippen MR) is 190 cm³/mol. The van der Waals surface area contributed by atoms with E-state index < -0.39 is 18.3 Å². The van der Waals surface area contributed by atoms with Crippen molar-refractivity contribution in [3.63, 3.8) is 0 Å². The maximum atomic E-state index is 11.7. The third-order valence-electron chi connectivity index (χ3n) is 8.37. The molecule has 6 aromatic carbocycles. The summed E-state index contributed by atoms with van der Waals surface area (Å²) in [5.41, 5.74) is 4.31. The summed E-state index contributed by atoms with van der Waals surface area (Å²) in [4.78, 5) is 0. The third kappa shape index (κ3) is 7.92. The first-order chi connectivity index (χ1) is 24.9. The van der Waals surface area contributed by atoms with Gasteiger partial charge in [0.1, 0.15) is 55.9 Å². The zero-order valence-corrected chi connectivity index (χ0v) is 27.4. The van der Waals surface area contributed by atoms with E-state index >= 15 is 0 Å². The van der Waals surface area contributed by atoms with E-state index in [-0.39, 0.29) is 36.9 Å². The van der Waals surface area contributed by atoms with Crippen molar-refractivity contribution in [2.75, 3.05) is 0 Å². The van der Waals surface area contributed by atoms with Crippen LogP contribution in [-0.4, -0.2) is 16.3 Å². The van der Waals surface area contributed by atoms with E-state index in [4.69, 9.17) is 25.1 Å². The Morgan fingerprint density at radius 1 is 0.500 bits per heavy atom. The quantitative estimate of drug-likeness (QED) is 0.128. The molecule has 0 saturated heterocycles. The normalized spacial score (nSPS) is 18.2. The summed E-state index contributed by atoms with van der Waals surface area (Å²) in [5.74, 6) is 1.68. The van der Waals surface area contributed by atoms with E-state index in [1.165, 1.54) is 0 Å². The molecule has 0 aromatic heterocycles. The van der Waals surface area contributed by atoms with Gasteiger partial charge in [-0.05, 0) is 39.9 Å². The summed E-state index contributed by atoms with van der Waals surface area (Å²) in [6.07, 6.45) is -5.35. The van der Waals surface area contributed by atoms with Crippen molar-refractivity contribution in [1.29, 1.82) is 0 Å². The molecule has 7 nitrogen and oxygen atoms in total. The van der Waals surface area contributed by atoms with E-state index in [1.54, 1.807) is 30.3 Å². The summed E-state index contributed by atoms with van der Waals surface area (Å²) >= 11 is 0. The molecular weight excluding hydrogens is 628 g/mol. The molecule has 0 radical (unpaired) electrons. The highest BCUT2D eigenvalue weighted by molar-refractivity contribution is 5.55. The highest BCUT2D eigenvalue weighted by Crippen LogP contribution is 2.48. The first-order valence-corrected chi connectivity index (χ1v) is 16.5. The molecule has 2 N–H and O–H groups in total. The second-order valence-electron chi connectivity index (χ2n) is 12.0. The number of rotatable bonds is 13. The molecule has 0 bridgehead atoms. The Bertz CT molecular complexity index is 2020. The van der Waals surface area contributed by atoms with Crippen LogP contribution in [0.25, 0.3) is 0 Å². The summed E-state index contributed by atoms with van der Waals surface area (Å²) in [6, 6.07) is 47.3. The number of aliphatic hydroxyl groups excluding tert-OH is 1. The largest absolute Gasteiger partial charge is 0.489 e. The number of hydrogen-bond donors (Lipinski definition) is 2. The smallest absolute Gasteiger partial charge is 0.162 e. The highest BCUT2D eigenvalue weighted by Gasteiger charge is 2.40. The average Bonchev–Trinajstić information content (AvgIpc) is 3.17. The molecule has 1 heterocycles. The average molecular weight is 668 g/mol. The van der Waals surface area contributed by atoms with Gasteiger partial charge in [-0.15, -0.1) is 0 Å². The van der Waals surface area contributed by atoms with Crippen LogP contribution in [0.5, 0.6) is 28.7 Å². The van der Waals surface area contributed by atoms with Gasteiger partial charge in [0.25, 0.3) is 0 Å². The second kappa shape index (κ2) is 15.6. The number of hydrogen-bond acceptors (Lipinski definition) is 7. The van der Waals surface area contributed by atoms with Gasteiger partial charge < -0.3 is 33.9 Å². The lowest BCUT2D eigenvalue weighted by molar-refractivity contribution is -0.0714. The standard InChI is InChI=1S/C43H38O7/c44-41-40-38(49-29-33-19-11-4-12-20-33)24-35(46-26-30-13-5-1-6-14-30)25-39(40)50-43(42(41)45)34-21-22-36(47-27-31-15-7-2-8-16-31)37(23-34)48-28-32-17-9-3-10-18-32/h1-25,41-45H,26-29H2/t41-,42-,43+/m0/s1/i41D. The summed E-state index contributed by atoms with van der Waals surface area (Å²) in [6.45, 7) is 1.04. The van der Waals surface area contributed by atoms with Crippen molar-refractivity contribution in [1.82, 2.24) is 0 Å². The molecule has 252 valence electrons. The topological polar surface area (TPSA) is 86.6 Å². The minimum Gasteiger partial charge on any atom is -0.489 e. The van der Waals surface area contributed by atoms with E-state index in [2.05, 4.69) is 0 Å². The molecule has 0 saturated carbocycles. The van der Waals surface area contributed by atoms with E-state index in [0.29, 0.717) is 29.4 Å². The summed E-state index contributed by atoms with van der Waals surface area (Å²) in [7, 11) is 0. The maximum absolute atomic E-state index is 11.7. The van der Waals surface area contributed by atoms with Crippen LogP contribution in [0.15, 0.2) is 152 Å². The number of benzene rings is 6. The van der Waals surface area contributed by atoms with Crippen LogP contribution < -0.4 is 23.7 Å². The Kier molecular flexibility index (Phi) is 9.85. The number of aliphatic hydroxyl groups is 2. The molecule has 0 amide bonds. The molecular formula is C43H38O7. The molecule has 7 rings (SSSR count). The van der Waals surface area contributed by atoms with Gasteiger partial charge >= 0.3 is 0 Å². The molecule has 0 aliphatic carbocycles. The fourth-order valence-corrected chi connectivity index (χ4v) is 5.73. The van der Waals surface area contributed by atoms with Gasteiger partial charge in [-0.3, -0.25) is 0 Å². The van der Waals surface area contributed by atoms with Crippen molar-refractivity contribution in [2.24, 2.45) is 0 Å². The van der Waals surface area contributed by atoms with E-state index in [9.17, 15) is 10.2 Å². The number of fused-ring (bicyclic) bond motifs is 1. The van der Waals surface area contributed by atoms with Gasteiger partial charge in [0.15, 0.2) is 17.6 Å². The highest BCUT2D eigenvalue weighted by atomic mass is 16.5. The second-order valence-corrected chi connectivity index (χ2v) is 12.0. The van der Waals surface area contributed by atoms with Crippen LogP contribution in [0.1, 0.15) is 46.9 Å². The molecule has 0 fully saturated rings. The van der Waals surface area contributed by atoms with Crippen LogP contribution in [0.3, 0.4) is 0 Å². The summed E-state index contributed by atoms with van der Waals surface area (Å²) < 4.78 is 40.4. The molecule has 1 aliphatic heterocycles. The Morgan fingerprint density at radius 2 is 0.960 bits per heavy atom. The molecule has 1 aliphatic rings. The van der Waals surface area contributed by atoms with Gasteiger partial charge in [0.05, 0.1) is 6.93 Å². The molecule has 50 heavy (non-hydrogen) atoms. The Morgan fingerprint density at radius 3 is 1.48 bits per heavy atom. The fraction of sp³-hybridized carbons (Fsp3) is 0.163. The lowest BCUT2D eigenvalue weighted by Gasteiger charge is -2.36. The SMILES string of the molecule is [2H][C@]1(O)c2c(OCc3ccccc3)cc(OCc3ccccc3)cc2O[C@H](c2ccc(OCc3ccccc3)c(OCc3ccccc3)c2)[C@H]1O. The Balaban J connectivity index is 1.21. The van der Waals surface area contributed by atoms with Crippen LogP contribution in [0.2, 0.25) is 0 Å². The van der Waals surface area contributed by atoms with Gasteiger partial charge in [-0.2, -0.15) is 0 Å². The Hall–Kier alpha value is -5.76. The molecule has 6 aromatic rings. The van der Waals surface area contributed by atoms with Gasteiger partial charge in [-0.25, -0.2) is 0 Å². The molecule has 7 heteroatoms. The number of ether oxygens (including phenoxy) is 5. The minimum absolute atomic E-state index is 0.0117. The van der Waals surface area contributed by atoms with Gasteiger partial charge in [0.2, 0.25) is 0 Å². The predicted octanol–water partition coefficient (Wildman–Crippen LogP) is 8.53. The van der Waals surface area contributed by atoms with E-state index in [1.807, 2.05) is 121 Å². The van der Waals surface area contributed by atoms with Crippen LogP contribution in [-0.2, 0) is 26.4 Å².